The summed E-state index contributed by atoms with van der Waals surface area (Å²) in [6.45, 7) is 8.03. The van der Waals surface area contributed by atoms with Gasteiger partial charge in [0.1, 0.15) is 5.60 Å². The highest BCUT2D eigenvalue weighted by Gasteiger charge is 2.15. The molecule has 0 saturated heterocycles. The van der Waals surface area contributed by atoms with Crippen LogP contribution in [-0.2, 0) is 4.74 Å². The number of hydrogen-bond acceptors (Lipinski definition) is 5. The maximum Gasteiger partial charge on any atom is 0.428 e. The molecule has 0 heterocycles. The lowest BCUT2D eigenvalue weighted by Gasteiger charge is -2.18. The molecule has 1 rings (SSSR count). The zero-order valence-electron chi connectivity index (χ0n) is 13.8. The fraction of sp³-hybridized carbons (Fsp3) is 0.500. The number of hydrazone groups is 1. The van der Waals surface area contributed by atoms with E-state index in [9.17, 15) is 4.79 Å². The fourth-order valence-electron chi connectivity index (χ4n) is 1.56. The topological polar surface area (TPSA) is 69.2 Å². The van der Waals surface area contributed by atoms with Crippen LogP contribution in [0.2, 0.25) is 0 Å². The number of carbonyl (C=O) groups is 1. The van der Waals surface area contributed by atoms with Crippen molar-refractivity contribution in [3.63, 3.8) is 0 Å². The van der Waals surface area contributed by atoms with Gasteiger partial charge in [-0.3, -0.25) is 0 Å². The van der Waals surface area contributed by atoms with E-state index in [1.165, 1.54) is 6.21 Å². The van der Waals surface area contributed by atoms with Gasteiger partial charge in [-0.2, -0.15) is 5.10 Å². The number of rotatable bonds is 6. The summed E-state index contributed by atoms with van der Waals surface area (Å²) in [4.78, 5) is 11.5. The average Bonchev–Trinajstić information content (AvgIpc) is 2.43. The fourth-order valence-corrected chi connectivity index (χ4v) is 1.56. The molecule has 6 heteroatoms. The van der Waals surface area contributed by atoms with E-state index in [1.54, 1.807) is 33.9 Å². The highest BCUT2D eigenvalue weighted by atomic mass is 16.6. The second-order valence-electron chi connectivity index (χ2n) is 5.63. The first-order valence-electron chi connectivity index (χ1n) is 7.18. The number of ether oxygens (including phenoxy) is 3. The van der Waals surface area contributed by atoms with E-state index in [2.05, 4.69) is 10.5 Å². The van der Waals surface area contributed by atoms with Gasteiger partial charge in [0.25, 0.3) is 0 Å². The Labute approximate surface area is 131 Å². The lowest BCUT2D eigenvalue weighted by molar-refractivity contribution is 0.0529. The molecule has 1 aromatic rings. The van der Waals surface area contributed by atoms with Crippen LogP contribution in [0.1, 0.15) is 39.7 Å². The molecule has 1 amide bonds. The van der Waals surface area contributed by atoms with Crippen molar-refractivity contribution in [1.29, 1.82) is 0 Å². The van der Waals surface area contributed by atoms with E-state index in [-0.39, 0.29) is 0 Å². The van der Waals surface area contributed by atoms with Crippen molar-refractivity contribution in [2.75, 3.05) is 13.7 Å². The molecule has 0 radical (unpaired) electrons. The minimum atomic E-state index is -0.599. The lowest BCUT2D eigenvalue weighted by atomic mass is 10.2. The summed E-state index contributed by atoms with van der Waals surface area (Å²) in [5, 5.41) is 3.85. The molecule has 0 aromatic heterocycles. The summed E-state index contributed by atoms with van der Waals surface area (Å²) in [5.74, 6) is 1.30. The van der Waals surface area contributed by atoms with E-state index >= 15 is 0 Å². The molecule has 1 N–H and O–H groups in total. The van der Waals surface area contributed by atoms with Crippen LogP contribution in [-0.4, -0.2) is 31.6 Å². The lowest BCUT2D eigenvalue weighted by Crippen LogP contribution is -2.29. The van der Waals surface area contributed by atoms with Crippen molar-refractivity contribution in [2.45, 2.75) is 39.7 Å². The normalized spacial score (nSPS) is 11.3. The van der Waals surface area contributed by atoms with Gasteiger partial charge in [0.05, 0.1) is 19.9 Å². The smallest absolute Gasteiger partial charge is 0.428 e. The summed E-state index contributed by atoms with van der Waals surface area (Å²) in [6.07, 6.45) is 1.83. The predicted molar refractivity (Wildman–Crippen MR) is 85.7 cm³/mol. The number of hydrogen-bond donors (Lipinski definition) is 1. The summed E-state index contributed by atoms with van der Waals surface area (Å²) in [7, 11) is 1.58. The number of methoxy groups -OCH3 is 1. The summed E-state index contributed by atoms with van der Waals surface area (Å²) in [5.41, 5.74) is 2.53. The zero-order chi connectivity index (χ0) is 16.6. The third-order valence-corrected chi connectivity index (χ3v) is 2.42. The van der Waals surface area contributed by atoms with Crippen molar-refractivity contribution in [1.82, 2.24) is 5.43 Å². The molecule has 122 valence electrons. The van der Waals surface area contributed by atoms with Crippen molar-refractivity contribution in [3.05, 3.63) is 23.8 Å². The van der Waals surface area contributed by atoms with Crippen LogP contribution in [0.5, 0.6) is 11.5 Å². The maximum atomic E-state index is 11.5. The third kappa shape index (κ3) is 6.47. The van der Waals surface area contributed by atoms with E-state index < -0.39 is 11.7 Å². The Morgan fingerprint density at radius 2 is 2.05 bits per heavy atom. The average molecular weight is 308 g/mol. The first-order valence-corrected chi connectivity index (χ1v) is 7.18. The van der Waals surface area contributed by atoms with Gasteiger partial charge >= 0.3 is 6.09 Å². The zero-order valence-corrected chi connectivity index (χ0v) is 13.8. The molecule has 0 spiro atoms. The SMILES string of the molecule is CCCOc1ccc(/C=N\NC(=O)OC(C)(C)C)cc1OC. The van der Waals surface area contributed by atoms with E-state index in [0.717, 1.165) is 12.0 Å². The molecule has 0 saturated carbocycles. The largest absolute Gasteiger partial charge is 0.493 e. The number of carbonyl (C=O) groups excluding carboxylic acids is 1. The van der Waals surface area contributed by atoms with Crippen LogP contribution in [0.4, 0.5) is 4.79 Å². The van der Waals surface area contributed by atoms with Gasteiger partial charge in [0.2, 0.25) is 0 Å². The van der Waals surface area contributed by atoms with Crippen LogP contribution < -0.4 is 14.9 Å². The van der Waals surface area contributed by atoms with Crippen molar-refractivity contribution in [3.8, 4) is 11.5 Å². The highest BCUT2D eigenvalue weighted by Crippen LogP contribution is 2.27. The molecule has 0 aliphatic heterocycles. The molecule has 0 aliphatic carbocycles. The molecular weight excluding hydrogens is 284 g/mol. The first-order chi connectivity index (χ1) is 10.4. The van der Waals surface area contributed by atoms with Gasteiger partial charge in [0, 0.05) is 0 Å². The number of nitrogens with zero attached hydrogens (tertiary/aromatic N) is 1. The molecule has 0 fully saturated rings. The van der Waals surface area contributed by atoms with Crippen LogP contribution in [0.3, 0.4) is 0 Å². The number of amides is 1. The molecular formula is C16H24N2O4. The molecule has 6 nitrogen and oxygen atoms in total. The second-order valence-corrected chi connectivity index (χ2v) is 5.63. The Balaban J connectivity index is 2.65. The molecule has 22 heavy (non-hydrogen) atoms. The molecule has 1 aromatic carbocycles. The Morgan fingerprint density at radius 3 is 2.64 bits per heavy atom. The number of nitrogens with one attached hydrogen (secondary N) is 1. The van der Waals surface area contributed by atoms with E-state index in [0.29, 0.717) is 18.1 Å². The summed E-state index contributed by atoms with van der Waals surface area (Å²) in [6, 6.07) is 5.42. The Bertz CT molecular complexity index is 521. The second kappa shape index (κ2) is 8.26. The van der Waals surface area contributed by atoms with Crippen molar-refractivity contribution in [2.24, 2.45) is 5.10 Å². The summed E-state index contributed by atoms with van der Waals surface area (Å²) >= 11 is 0. The highest BCUT2D eigenvalue weighted by molar-refractivity contribution is 5.82. The van der Waals surface area contributed by atoms with Gasteiger partial charge in [-0.25, -0.2) is 10.2 Å². The van der Waals surface area contributed by atoms with Crippen LogP contribution in [0.15, 0.2) is 23.3 Å². The molecule has 0 bridgehead atoms. The number of benzene rings is 1. The van der Waals surface area contributed by atoms with E-state index in [4.69, 9.17) is 14.2 Å². The van der Waals surface area contributed by atoms with Crippen molar-refractivity contribution < 1.29 is 19.0 Å². The molecule has 0 atom stereocenters. The monoisotopic (exact) mass is 308 g/mol. The Hall–Kier alpha value is -2.24. The summed E-state index contributed by atoms with van der Waals surface area (Å²) < 4.78 is 15.9. The van der Waals surface area contributed by atoms with Gasteiger partial charge < -0.3 is 14.2 Å². The molecule has 0 unspecified atom stereocenters. The third-order valence-electron chi connectivity index (χ3n) is 2.42. The van der Waals surface area contributed by atoms with Crippen LogP contribution in [0.25, 0.3) is 0 Å². The standard InChI is InChI=1S/C16H24N2O4/c1-6-9-21-13-8-7-12(10-14(13)20-5)11-17-18-15(19)22-16(2,3)4/h7-8,10-11H,6,9H2,1-5H3,(H,18,19)/b17-11-. The molecule has 0 aliphatic rings. The van der Waals surface area contributed by atoms with Crippen molar-refractivity contribution >= 4 is 12.3 Å². The van der Waals surface area contributed by atoms with E-state index in [1.807, 2.05) is 19.1 Å². The quantitative estimate of drug-likeness (QED) is 0.646. The van der Waals surface area contributed by atoms with Gasteiger partial charge in [-0.15, -0.1) is 0 Å². The van der Waals surface area contributed by atoms with Gasteiger partial charge in [0.15, 0.2) is 11.5 Å². The van der Waals surface area contributed by atoms with Crippen LogP contribution >= 0.6 is 0 Å². The minimum Gasteiger partial charge on any atom is -0.493 e. The van der Waals surface area contributed by atoms with Gasteiger partial charge in [-0.1, -0.05) is 6.92 Å². The van der Waals surface area contributed by atoms with Gasteiger partial charge in [-0.05, 0) is 51.0 Å². The van der Waals surface area contributed by atoms with Crippen LogP contribution in [0, 0.1) is 0 Å². The maximum absolute atomic E-state index is 11.5. The Kier molecular flexibility index (Phi) is 6.69. The predicted octanol–water partition coefficient (Wildman–Crippen LogP) is 3.34. The minimum absolute atomic E-state index is 0.554. The first kappa shape index (κ1) is 17.8. The Morgan fingerprint density at radius 1 is 1.32 bits per heavy atom.